The number of anilines is 1. The summed E-state index contributed by atoms with van der Waals surface area (Å²) in [5, 5.41) is 7.49. The molecule has 2 aromatic heterocycles. The molecule has 6 nitrogen and oxygen atoms in total. The number of H-pyrrole nitrogens is 1. The third kappa shape index (κ3) is 4.43. The number of fused-ring (bicyclic) bond motifs is 1. The van der Waals surface area contributed by atoms with Gasteiger partial charge in [-0.25, -0.2) is 9.97 Å². The summed E-state index contributed by atoms with van der Waals surface area (Å²) in [7, 11) is 0. The highest BCUT2D eigenvalue weighted by Crippen LogP contribution is 2.18. The van der Waals surface area contributed by atoms with Gasteiger partial charge in [0.25, 0.3) is 5.91 Å². The Hall–Kier alpha value is -3.67. The quantitative estimate of drug-likeness (QED) is 0.447. The largest absolute Gasteiger partial charge is 0.370 e. The van der Waals surface area contributed by atoms with Crippen LogP contribution in [0.1, 0.15) is 34.6 Å². The van der Waals surface area contributed by atoms with Crippen molar-refractivity contribution in [1.82, 2.24) is 20.3 Å². The fraction of sp³-hybridized carbons (Fsp3) is 0.174. The van der Waals surface area contributed by atoms with Crippen molar-refractivity contribution in [3.05, 3.63) is 90.0 Å². The van der Waals surface area contributed by atoms with Gasteiger partial charge in [0.15, 0.2) is 0 Å². The van der Waals surface area contributed by atoms with Crippen LogP contribution in [0.3, 0.4) is 0 Å². The minimum atomic E-state index is -0.219. The molecule has 0 bridgehead atoms. The Kier molecular flexibility index (Phi) is 5.52. The van der Waals surface area contributed by atoms with Crippen molar-refractivity contribution in [3.8, 4) is 0 Å². The summed E-state index contributed by atoms with van der Waals surface area (Å²) in [5.74, 6) is 0.417. The first kappa shape index (κ1) is 18.7. The van der Waals surface area contributed by atoms with E-state index in [0.717, 1.165) is 17.5 Å². The summed E-state index contributed by atoms with van der Waals surface area (Å²) >= 11 is 0. The predicted octanol–water partition coefficient (Wildman–Crippen LogP) is 4.10. The maximum absolute atomic E-state index is 12.6. The SMILES string of the molecule is CC(NC(=O)c1cc(NCCc2c[nH]c3ccccc23)ncn1)c1ccccc1. The maximum atomic E-state index is 12.6. The molecule has 6 heteroatoms. The standard InChI is InChI=1S/C23H23N5O/c1-16(17-7-3-2-4-8-17)28-23(29)21-13-22(27-15-26-21)24-12-11-18-14-25-20-10-6-5-9-19(18)20/h2-10,13-16,25H,11-12H2,1H3,(H,28,29)(H,24,26,27). The Morgan fingerprint density at radius 1 is 1.07 bits per heavy atom. The molecule has 4 aromatic rings. The summed E-state index contributed by atoms with van der Waals surface area (Å²) in [5.41, 5.74) is 3.78. The van der Waals surface area contributed by atoms with E-state index < -0.39 is 0 Å². The summed E-state index contributed by atoms with van der Waals surface area (Å²) in [6.07, 6.45) is 4.30. The number of rotatable bonds is 7. The average molecular weight is 385 g/mol. The normalized spacial score (nSPS) is 11.9. The monoisotopic (exact) mass is 385 g/mol. The number of carbonyl (C=O) groups is 1. The lowest BCUT2D eigenvalue weighted by Crippen LogP contribution is -2.27. The lowest BCUT2D eigenvalue weighted by atomic mass is 10.1. The zero-order valence-electron chi connectivity index (χ0n) is 16.2. The van der Waals surface area contributed by atoms with Gasteiger partial charge >= 0.3 is 0 Å². The van der Waals surface area contributed by atoms with Gasteiger partial charge in [0.05, 0.1) is 6.04 Å². The van der Waals surface area contributed by atoms with Gasteiger partial charge in [0, 0.05) is 29.7 Å². The van der Waals surface area contributed by atoms with E-state index in [0.29, 0.717) is 18.1 Å². The molecule has 0 radical (unpaired) electrons. The molecule has 2 heterocycles. The van der Waals surface area contributed by atoms with E-state index in [1.807, 2.05) is 55.6 Å². The average Bonchev–Trinajstić information content (AvgIpc) is 3.18. The number of nitrogens with zero attached hydrogens (tertiary/aromatic N) is 2. The van der Waals surface area contributed by atoms with E-state index in [1.165, 1.54) is 17.3 Å². The molecule has 0 aliphatic heterocycles. The fourth-order valence-electron chi connectivity index (χ4n) is 3.34. The first-order valence-corrected chi connectivity index (χ1v) is 9.67. The Balaban J connectivity index is 1.36. The van der Waals surface area contributed by atoms with Gasteiger partial charge in [-0.15, -0.1) is 0 Å². The molecule has 0 spiro atoms. The van der Waals surface area contributed by atoms with Crippen LogP contribution in [0.25, 0.3) is 10.9 Å². The Morgan fingerprint density at radius 2 is 1.86 bits per heavy atom. The van der Waals surface area contributed by atoms with Gasteiger partial charge < -0.3 is 15.6 Å². The molecule has 0 fully saturated rings. The van der Waals surface area contributed by atoms with E-state index in [-0.39, 0.29) is 11.9 Å². The molecule has 0 aliphatic carbocycles. The number of nitrogens with one attached hydrogen (secondary N) is 3. The second-order valence-electron chi connectivity index (χ2n) is 6.93. The van der Waals surface area contributed by atoms with E-state index in [2.05, 4.69) is 37.7 Å². The van der Waals surface area contributed by atoms with Crippen molar-refractivity contribution < 1.29 is 4.79 Å². The van der Waals surface area contributed by atoms with Crippen molar-refractivity contribution in [2.75, 3.05) is 11.9 Å². The lowest BCUT2D eigenvalue weighted by molar-refractivity contribution is 0.0934. The predicted molar refractivity (Wildman–Crippen MR) is 115 cm³/mol. The van der Waals surface area contributed by atoms with E-state index in [4.69, 9.17) is 0 Å². The third-order valence-corrected chi connectivity index (χ3v) is 4.92. The lowest BCUT2D eigenvalue weighted by Gasteiger charge is -2.14. The molecular weight excluding hydrogens is 362 g/mol. The van der Waals surface area contributed by atoms with Crippen LogP contribution in [0.4, 0.5) is 5.82 Å². The van der Waals surface area contributed by atoms with Crippen LogP contribution in [0.5, 0.6) is 0 Å². The zero-order chi connectivity index (χ0) is 20.1. The second kappa shape index (κ2) is 8.56. The van der Waals surface area contributed by atoms with Crippen LogP contribution in [-0.2, 0) is 6.42 Å². The van der Waals surface area contributed by atoms with Crippen LogP contribution < -0.4 is 10.6 Å². The number of hydrogen-bond acceptors (Lipinski definition) is 4. The van der Waals surface area contributed by atoms with E-state index in [1.54, 1.807) is 6.07 Å². The topological polar surface area (TPSA) is 82.7 Å². The van der Waals surface area contributed by atoms with Crippen molar-refractivity contribution in [3.63, 3.8) is 0 Å². The third-order valence-electron chi connectivity index (χ3n) is 4.92. The number of aromatic nitrogens is 3. The molecular formula is C23H23N5O. The van der Waals surface area contributed by atoms with E-state index in [9.17, 15) is 4.79 Å². The molecule has 3 N–H and O–H groups in total. The van der Waals surface area contributed by atoms with Gasteiger partial charge in [-0.05, 0) is 30.5 Å². The molecule has 0 saturated heterocycles. The highest BCUT2D eigenvalue weighted by molar-refractivity contribution is 5.93. The Morgan fingerprint density at radius 3 is 2.72 bits per heavy atom. The summed E-state index contributed by atoms with van der Waals surface area (Å²) in [4.78, 5) is 24.2. The molecule has 2 aromatic carbocycles. The minimum Gasteiger partial charge on any atom is -0.370 e. The van der Waals surface area contributed by atoms with Gasteiger partial charge in [0.1, 0.15) is 17.8 Å². The van der Waals surface area contributed by atoms with Gasteiger partial charge in [0.2, 0.25) is 0 Å². The highest BCUT2D eigenvalue weighted by Gasteiger charge is 2.13. The number of amides is 1. The highest BCUT2D eigenvalue weighted by atomic mass is 16.1. The van der Waals surface area contributed by atoms with Crippen LogP contribution >= 0.6 is 0 Å². The zero-order valence-corrected chi connectivity index (χ0v) is 16.2. The van der Waals surface area contributed by atoms with Crippen molar-refractivity contribution in [2.45, 2.75) is 19.4 Å². The Labute approximate surface area is 169 Å². The number of benzene rings is 2. The number of carbonyl (C=O) groups excluding carboxylic acids is 1. The number of hydrogen-bond donors (Lipinski definition) is 3. The molecule has 4 rings (SSSR count). The molecule has 0 saturated carbocycles. The summed E-state index contributed by atoms with van der Waals surface area (Å²) < 4.78 is 0. The number of para-hydroxylation sites is 1. The second-order valence-corrected chi connectivity index (χ2v) is 6.93. The van der Waals surface area contributed by atoms with Crippen molar-refractivity contribution >= 4 is 22.6 Å². The first-order chi connectivity index (χ1) is 14.2. The molecule has 1 atom stereocenters. The van der Waals surface area contributed by atoms with Crippen molar-refractivity contribution in [1.29, 1.82) is 0 Å². The van der Waals surface area contributed by atoms with E-state index >= 15 is 0 Å². The summed E-state index contributed by atoms with van der Waals surface area (Å²) in [6.45, 7) is 2.66. The molecule has 1 unspecified atom stereocenters. The smallest absolute Gasteiger partial charge is 0.270 e. The summed E-state index contributed by atoms with van der Waals surface area (Å²) in [6, 6.07) is 19.7. The van der Waals surface area contributed by atoms with Gasteiger partial charge in [-0.3, -0.25) is 4.79 Å². The number of aromatic amines is 1. The molecule has 1 amide bonds. The molecule has 146 valence electrons. The van der Waals surface area contributed by atoms with Crippen LogP contribution in [-0.4, -0.2) is 27.4 Å². The van der Waals surface area contributed by atoms with Crippen LogP contribution in [0.2, 0.25) is 0 Å². The molecule has 29 heavy (non-hydrogen) atoms. The Bertz CT molecular complexity index is 1110. The van der Waals surface area contributed by atoms with Crippen LogP contribution in [0, 0.1) is 0 Å². The van der Waals surface area contributed by atoms with Crippen molar-refractivity contribution in [2.24, 2.45) is 0 Å². The van der Waals surface area contributed by atoms with Gasteiger partial charge in [-0.1, -0.05) is 48.5 Å². The van der Waals surface area contributed by atoms with Crippen LogP contribution in [0.15, 0.2) is 73.2 Å². The maximum Gasteiger partial charge on any atom is 0.270 e. The molecule has 0 aliphatic rings. The first-order valence-electron chi connectivity index (χ1n) is 9.67. The fourth-order valence-corrected chi connectivity index (χ4v) is 3.34. The van der Waals surface area contributed by atoms with Gasteiger partial charge in [-0.2, -0.15) is 0 Å². The minimum absolute atomic E-state index is 0.100.